The number of rotatable bonds is 6. The van der Waals surface area contributed by atoms with E-state index >= 15 is 0 Å². The Morgan fingerprint density at radius 1 is 1.13 bits per heavy atom. The van der Waals surface area contributed by atoms with Crippen LogP contribution in [0, 0.1) is 12.7 Å². The Morgan fingerprint density at radius 3 is 2.77 bits per heavy atom. The van der Waals surface area contributed by atoms with Crippen molar-refractivity contribution in [2.75, 3.05) is 12.4 Å². The number of nitrogens with one attached hydrogen (secondary N) is 1. The first-order valence-electron chi connectivity index (χ1n) is 9.15. The van der Waals surface area contributed by atoms with E-state index in [0.29, 0.717) is 46.1 Å². The van der Waals surface area contributed by atoms with Crippen molar-refractivity contribution < 1.29 is 19.0 Å². The van der Waals surface area contributed by atoms with E-state index in [4.69, 9.17) is 9.47 Å². The number of pyridine rings is 1. The summed E-state index contributed by atoms with van der Waals surface area (Å²) in [6, 6.07) is 9.63. The number of anilines is 2. The predicted molar refractivity (Wildman–Crippen MR) is 111 cm³/mol. The lowest BCUT2D eigenvalue weighted by molar-refractivity contribution is 0.284. The van der Waals surface area contributed by atoms with Crippen molar-refractivity contribution in [1.82, 2.24) is 15.0 Å². The number of phenols is 1. The quantitative estimate of drug-likeness (QED) is 0.487. The molecular formula is C22H19FN4O3. The molecule has 30 heavy (non-hydrogen) atoms. The minimum Gasteiger partial charge on any atom is -0.507 e. The van der Waals surface area contributed by atoms with Gasteiger partial charge in [-0.15, -0.1) is 0 Å². The lowest BCUT2D eigenvalue weighted by atomic mass is 10.1. The van der Waals surface area contributed by atoms with Crippen LogP contribution >= 0.6 is 0 Å². The molecule has 0 atom stereocenters. The number of benzene rings is 2. The van der Waals surface area contributed by atoms with Gasteiger partial charge in [0.25, 0.3) is 0 Å². The van der Waals surface area contributed by atoms with Crippen LogP contribution in [0.5, 0.6) is 17.2 Å². The Balaban J connectivity index is 1.69. The Hall–Kier alpha value is -3.94. The van der Waals surface area contributed by atoms with Crippen molar-refractivity contribution in [3.8, 4) is 17.2 Å². The molecule has 4 aromatic rings. The highest BCUT2D eigenvalue weighted by atomic mass is 19.1. The molecule has 0 saturated carbocycles. The number of hydrogen-bond acceptors (Lipinski definition) is 7. The molecule has 0 aliphatic heterocycles. The third kappa shape index (κ3) is 3.93. The highest BCUT2D eigenvalue weighted by Gasteiger charge is 2.14. The van der Waals surface area contributed by atoms with E-state index in [1.54, 1.807) is 38.6 Å². The molecule has 0 unspecified atom stereocenters. The Kier molecular flexibility index (Phi) is 5.30. The molecule has 0 radical (unpaired) electrons. The molecule has 7 nitrogen and oxygen atoms in total. The van der Waals surface area contributed by atoms with Crippen LogP contribution in [-0.2, 0) is 6.61 Å². The standard InChI is InChI=1S/C22H19FN4O3/c1-13-17(6-15(23)7-19(13)28)27-22-16-8-20(29-2)21(9-18(16)25-12-26-22)30-11-14-4-3-5-24-10-14/h3-10,12,28H,11H2,1-2H3,(H,25,26,27). The zero-order valence-electron chi connectivity index (χ0n) is 16.4. The van der Waals surface area contributed by atoms with Gasteiger partial charge in [-0.3, -0.25) is 4.98 Å². The third-order valence-corrected chi connectivity index (χ3v) is 4.64. The number of halogens is 1. The van der Waals surface area contributed by atoms with Gasteiger partial charge in [-0.1, -0.05) is 6.07 Å². The summed E-state index contributed by atoms with van der Waals surface area (Å²) in [5.41, 5.74) is 2.45. The number of hydrogen-bond donors (Lipinski definition) is 2. The zero-order valence-corrected chi connectivity index (χ0v) is 16.4. The van der Waals surface area contributed by atoms with Crippen LogP contribution in [-0.4, -0.2) is 27.2 Å². The molecule has 152 valence electrons. The topological polar surface area (TPSA) is 89.4 Å². The molecule has 0 bridgehead atoms. The number of nitrogens with zero attached hydrogens (tertiary/aromatic N) is 3. The van der Waals surface area contributed by atoms with Gasteiger partial charge in [0.15, 0.2) is 11.5 Å². The molecule has 0 amide bonds. The lowest BCUT2D eigenvalue weighted by Gasteiger charge is -2.15. The fraction of sp³-hybridized carbons (Fsp3) is 0.136. The summed E-state index contributed by atoms with van der Waals surface area (Å²) in [6.45, 7) is 2.01. The molecule has 2 aromatic heterocycles. The zero-order chi connectivity index (χ0) is 21.1. The first kappa shape index (κ1) is 19.4. The van der Waals surface area contributed by atoms with Crippen molar-refractivity contribution in [1.29, 1.82) is 0 Å². The van der Waals surface area contributed by atoms with Crippen LogP contribution in [0.25, 0.3) is 10.9 Å². The Labute approximate surface area is 172 Å². The second-order valence-electron chi connectivity index (χ2n) is 6.61. The number of phenolic OH excluding ortho intramolecular Hbond substituents is 1. The number of methoxy groups -OCH3 is 1. The molecule has 0 fully saturated rings. The minimum absolute atomic E-state index is 0.139. The number of fused-ring (bicyclic) bond motifs is 1. The maximum atomic E-state index is 13.7. The SMILES string of the molecule is COc1cc2c(Nc3cc(F)cc(O)c3C)ncnc2cc1OCc1cccnc1. The van der Waals surface area contributed by atoms with Crippen molar-refractivity contribution in [3.63, 3.8) is 0 Å². The van der Waals surface area contributed by atoms with Crippen molar-refractivity contribution >= 4 is 22.4 Å². The fourth-order valence-corrected chi connectivity index (χ4v) is 3.00. The second-order valence-corrected chi connectivity index (χ2v) is 6.61. The molecule has 0 spiro atoms. The summed E-state index contributed by atoms with van der Waals surface area (Å²) in [6.07, 6.45) is 4.83. The molecule has 2 N–H and O–H groups in total. The van der Waals surface area contributed by atoms with Gasteiger partial charge in [0.05, 0.1) is 12.6 Å². The largest absolute Gasteiger partial charge is 0.507 e. The summed E-state index contributed by atoms with van der Waals surface area (Å²) in [7, 11) is 1.55. The van der Waals surface area contributed by atoms with Gasteiger partial charge < -0.3 is 19.9 Å². The highest BCUT2D eigenvalue weighted by molar-refractivity contribution is 5.93. The van der Waals surface area contributed by atoms with Crippen LogP contribution in [0.1, 0.15) is 11.1 Å². The van der Waals surface area contributed by atoms with E-state index in [1.807, 2.05) is 12.1 Å². The van der Waals surface area contributed by atoms with E-state index in [1.165, 1.54) is 12.4 Å². The Bertz CT molecular complexity index is 1200. The van der Waals surface area contributed by atoms with E-state index in [-0.39, 0.29) is 5.75 Å². The van der Waals surface area contributed by atoms with Crippen LogP contribution in [0.2, 0.25) is 0 Å². The van der Waals surface area contributed by atoms with Crippen molar-refractivity contribution in [3.05, 3.63) is 72.1 Å². The first-order valence-corrected chi connectivity index (χ1v) is 9.15. The van der Waals surface area contributed by atoms with Crippen LogP contribution in [0.15, 0.2) is 55.1 Å². The molecule has 2 aromatic carbocycles. The molecule has 4 rings (SSSR count). The van der Waals surface area contributed by atoms with Gasteiger partial charge >= 0.3 is 0 Å². The number of aromatic hydroxyl groups is 1. The van der Waals surface area contributed by atoms with Crippen LogP contribution in [0.4, 0.5) is 15.9 Å². The molecule has 0 saturated heterocycles. The maximum absolute atomic E-state index is 13.7. The molecular weight excluding hydrogens is 387 g/mol. The fourth-order valence-electron chi connectivity index (χ4n) is 3.00. The van der Waals surface area contributed by atoms with E-state index in [0.717, 1.165) is 11.6 Å². The summed E-state index contributed by atoms with van der Waals surface area (Å²) < 4.78 is 25.1. The molecule has 2 heterocycles. The summed E-state index contributed by atoms with van der Waals surface area (Å²) in [5.74, 6) is 0.786. The van der Waals surface area contributed by atoms with Gasteiger partial charge in [-0.2, -0.15) is 0 Å². The van der Waals surface area contributed by atoms with Crippen molar-refractivity contribution in [2.24, 2.45) is 0 Å². The summed E-state index contributed by atoms with van der Waals surface area (Å²) >= 11 is 0. The maximum Gasteiger partial charge on any atom is 0.163 e. The predicted octanol–water partition coefficient (Wildman–Crippen LogP) is 4.51. The van der Waals surface area contributed by atoms with Gasteiger partial charge in [-0.05, 0) is 25.1 Å². The van der Waals surface area contributed by atoms with E-state index < -0.39 is 5.82 Å². The van der Waals surface area contributed by atoms with Gasteiger partial charge in [0.1, 0.15) is 30.3 Å². The molecule has 0 aliphatic rings. The Morgan fingerprint density at radius 2 is 2.00 bits per heavy atom. The third-order valence-electron chi connectivity index (χ3n) is 4.64. The van der Waals surface area contributed by atoms with Crippen molar-refractivity contribution in [2.45, 2.75) is 13.5 Å². The smallest absolute Gasteiger partial charge is 0.163 e. The average molecular weight is 406 g/mol. The van der Waals surface area contributed by atoms with Gasteiger partial charge in [-0.25, -0.2) is 14.4 Å². The first-order chi connectivity index (χ1) is 14.5. The van der Waals surface area contributed by atoms with Crippen LogP contribution in [0.3, 0.4) is 0 Å². The van der Waals surface area contributed by atoms with Gasteiger partial charge in [0, 0.05) is 46.7 Å². The molecule has 0 aliphatic carbocycles. The normalized spacial score (nSPS) is 10.8. The molecule has 8 heteroatoms. The second kappa shape index (κ2) is 8.20. The number of ether oxygens (including phenoxy) is 2. The van der Waals surface area contributed by atoms with E-state index in [9.17, 15) is 9.50 Å². The van der Waals surface area contributed by atoms with E-state index in [2.05, 4.69) is 20.3 Å². The lowest BCUT2D eigenvalue weighted by Crippen LogP contribution is -2.01. The van der Waals surface area contributed by atoms with Crippen LogP contribution < -0.4 is 14.8 Å². The summed E-state index contributed by atoms with van der Waals surface area (Å²) in [4.78, 5) is 12.7. The average Bonchev–Trinajstić information content (AvgIpc) is 2.76. The monoisotopic (exact) mass is 406 g/mol. The highest BCUT2D eigenvalue weighted by Crippen LogP contribution is 2.36. The number of aromatic nitrogens is 3. The summed E-state index contributed by atoms with van der Waals surface area (Å²) in [5, 5.41) is 13.6. The van der Waals surface area contributed by atoms with Gasteiger partial charge in [0.2, 0.25) is 0 Å². The minimum atomic E-state index is -0.553.